The first-order valence-corrected chi connectivity index (χ1v) is 3.11. The summed E-state index contributed by atoms with van der Waals surface area (Å²) in [6, 6.07) is 3.85. The van der Waals surface area contributed by atoms with Crippen molar-refractivity contribution >= 4 is 21.6 Å². The minimum atomic E-state index is 0.963. The molecule has 0 aliphatic heterocycles. The van der Waals surface area contributed by atoms with Crippen molar-refractivity contribution < 1.29 is 4.42 Å². The van der Waals surface area contributed by atoms with E-state index in [1.165, 1.54) is 11.3 Å². The van der Waals surface area contributed by atoms with Crippen LogP contribution in [-0.2, 0) is 0 Å². The largest absolute Gasteiger partial charge is 0.454 e. The molecular weight excluding hydrogens is 120 g/mol. The van der Waals surface area contributed by atoms with Gasteiger partial charge in [0.25, 0.3) is 0 Å². The van der Waals surface area contributed by atoms with Crippen LogP contribution in [0.2, 0.25) is 0 Å². The molecule has 0 saturated heterocycles. The molecule has 8 heavy (non-hydrogen) atoms. The third-order valence-corrected chi connectivity index (χ3v) is 1.78. The summed E-state index contributed by atoms with van der Waals surface area (Å²) in [6.45, 7) is 0. The van der Waals surface area contributed by atoms with Gasteiger partial charge in [0.1, 0.15) is 0 Å². The van der Waals surface area contributed by atoms with E-state index < -0.39 is 0 Å². The molecule has 0 spiro atoms. The maximum absolute atomic E-state index is 5.05. The maximum atomic E-state index is 5.05. The second-order valence-electron chi connectivity index (χ2n) is 1.53. The van der Waals surface area contributed by atoms with Gasteiger partial charge in [0, 0.05) is 10.8 Å². The highest BCUT2D eigenvalue weighted by Crippen LogP contribution is 2.19. The summed E-state index contributed by atoms with van der Waals surface area (Å²) < 4.78 is 5.05. The van der Waals surface area contributed by atoms with Crippen LogP contribution in [0, 0.1) is 5.38 Å². The highest BCUT2D eigenvalue weighted by atomic mass is 32.1. The molecule has 0 aromatic carbocycles. The molecule has 0 bridgehead atoms. The van der Waals surface area contributed by atoms with Crippen LogP contribution >= 0.6 is 11.3 Å². The zero-order valence-corrected chi connectivity index (χ0v) is 4.87. The van der Waals surface area contributed by atoms with Crippen molar-refractivity contribution in [1.82, 2.24) is 0 Å². The molecule has 39 valence electrons. The van der Waals surface area contributed by atoms with Crippen LogP contribution in [0.1, 0.15) is 0 Å². The van der Waals surface area contributed by atoms with E-state index in [4.69, 9.17) is 4.42 Å². The van der Waals surface area contributed by atoms with Crippen LogP contribution in [0.15, 0.2) is 22.8 Å². The molecule has 0 amide bonds. The van der Waals surface area contributed by atoms with Crippen molar-refractivity contribution in [3.8, 4) is 0 Å². The van der Waals surface area contributed by atoms with E-state index in [0.29, 0.717) is 0 Å². The Morgan fingerprint density at radius 2 is 2.62 bits per heavy atom. The quantitative estimate of drug-likeness (QED) is 0.523. The molecule has 0 fully saturated rings. The van der Waals surface area contributed by atoms with Crippen LogP contribution in [0.3, 0.4) is 0 Å². The highest BCUT2D eigenvalue weighted by molar-refractivity contribution is 7.16. The lowest BCUT2D eigenvalue weighted by atomic mass is 10.4. The minimum Gasteiger partial charge on any atom is -0.454 e. The zero-order valence-electron chi connectivity index (χ0n) is 4.05. The van der Waals surface area contributed by atoms with Gasteiger partial charge in [0.2, 0.25) is 0 Å². The number of hydrogen-bond donors (Lipinski definition) is 0. The zero-order chi connectivity index (χ0) is 5.40. The highest BCUT2D eigenvalue weighted by Gasteiger charge is 1.93. The molecule has 2 aromatic rings. The summed E-state index contributed by atoms with van der Waals surface area (Å²) >= 11 is 1.50. The molecule has 1 nitrogen and oxygen atoms in total. The second kappa shape index (κ2) is 1.36. The van der Waals surface area contributed by atoms with Crippen molar-refractivity contribution in [2.45, 2.75) is 0 Å². The van der Waals surface area contributed by atoms with Crippen molar-refractivity contribution in [1.29, 1.82) is 0 Å². The maximum Gasteiger partial charge on any atom is 0.187 e. The van der Waals surface area contributed by atoms with Gasteiger partial charge in [-0.2, -0.15) is 0 Å². The van der Waals surface area contributed by atoms with Gasteiger partial charge in [0.05, 0.1) is 6.26 Å². The Balaban J connectivity index is 3.06. The molecule has 2 heterocycles. The molecule has 2 aromatic heterocycles. The van der Waals surface area contributed by atoms with Gasteiger partial charge in [-0.3, -0.25) is 0 Å². The predicted octanol–water partition coefficient (Wildman–Crippen LogP) is 2.29. The van der Waals surface area contributed by atoms with Gasteiger partial charge < -0.3 is 4.42 Å². The minimum absolute atomic E-state index is 0.963. The number of hydrogen-bond acceptors (Lipinski definition) is 2. The van der Waals surface area contributed by atoms with Gasteiger partial charge in [-0.1, -0.05) is 11.3 Å². The molecule has 2 rings (SSSR count). The third kappa shape index (κ3) is 0.406. The Bertz CT molecular complexity index is 230. The monoisotopic (exact) mass is 123 g/mol. The smallest absolute Gasteiger partial charge is 0.187 e. The fraction of sp³-hybridized carbons (Fsp3) is 0. The van der Waals surface area contributed by atoms with Crippen LogP contribution < -0.4 is 0 Å². The fourth-order valence-corrected chi connectivity index (χ4v) is 1.28. The van der Waals surface area contributed by atoms with E-state index in [0.717, 1.165) is 10.3 Å². The molecule has 0 N–H and O–H groups in total. The summed E-state index contributed by atoms with van der Waals surface area (Å²) in [5.41, 5.74) is 0. The molecule has 0 aliphatic rings. The number of thiophene rings is 1. The molecule has 1 radical (unpaired) electrons. The molecule has 0 unspecified atom stereocenters. The van der Waals surface area contributed by atoms with Crippen molar-refractivity contribution in [2.24, 2.45) is 0 Å². The lowest BCUT2D eigenvalue weighted by molar-refractivity contribution is 0.624. The van der Waals surface area contributed by atoms with E-state index in [9.17, 15) is 0 Å². The Morgan fingerprint density at radius 1 is 1.62 bits per heavy atom. The number of fused-ring (bicyclic) bond motifs is 1. The Kier molecular flexibility index (Phi) is 0.704. The Morgan fingerprint density at radius 3 is 3.50 bits per heavy atom. The molecule has 0 saturated carbocycles. The van der Waals surface area contributed by atoms with Gasteiger partial charge >= 0.3 is 0 Å². The van der Waals surface area contributed by atoms with Crippen molar-refractivity contribution in [3.05, 3.63) is 23.8 Å². The lowest BCUT2D eigenvalue weighted by Gasteiger charge is -1.64. The molecule has 0 atom stereocenters. The van der Waals surface area contributed by atoms with E-state index in [1.807, 2.05) is 12.1 Å². The summed E-state index contributed by atoms with van der Waals surface area (Å²) in [6.07, 6.45) is 1.69. The lowest BCUT2D eigenvalue weighted by Crippen LogP contribution is -1.37. The number of furan rings is 1. The van der Waals surface area contributed by atoms with Gasteiger partial charge in [0.15, 0.2) is 4.90 Å². The van der Waals surface area contributed by atoms with Crippen molar-refractivity contribution in [2.75, 3.05) is 0 Å². The summed E-state index contributed by atoms with van der Waals surface area (Å²) in [5.74, 6) is 0. The van der Waals surface area contributed by atoms with Crippen molar-refractivity contribution in [3.63, 3.8) is 0 Å². The third-order valence-electron chi connectivity index (χ3n) is 1.02. The van der Waals surface area contributed by atoms with Crippen LogP contribution in [-0.4, -0.2) is 0 Å². The first kappa shape index (κ1) is 4.15. The Hall–Kier alpha value is -0.760. The van der Waals surface area contributed by atoms with E-state index in [1.54, 1.807) is 6.26 Å². The molecular formula is C6H3OS. The topological polar surface area (TPSA) is 13.1 Å². The average molecular weight is 123 g/mol. The van der Waals surface area contributed by atoms with E-state index >= 15 is 0 Å². The van der Waals surface area contributed by atoms with Gasteiger partial charge in [-0.25, -0.2) is 0 Å². The fourth-order valence-electron chi connectivity index (χ4n) is 0.642. The first-order valence-electron chi connectivity index (χ1n) is 2.30. The predicted molar refractivity (Wildman–Crippen MR) is 32.9 cm³/mol. The normalized spacial score (nSPS) is 10.5. The molecule has 2 heteroatoms. The standard InChI is InChI=1S/C6H3OS/c1-3-7-6-5(1)2-4-8-6/h1-3H. The average Bonchev–Trinajstić information content (AvgIpc) is 2.15. The van der Waals surface area contributed by atoms with Gasteiger partial charge in [-0.05, 0) is 12.1 Å². The first-order chi connectivity index (χ1) is 3.97. The van der Waals surface area contributed by atoms with E-state index in [2.05, 4.69) is 5.38 Å². The summed E-state index contributed by atoms with van der Waals surface area (Å²) in [5, 5.41) is 4.11. The summed E-state index contributed by atoms with van der Waals surface area (Å²) in [4.78, 5) is 0.963. The van der Waals surface area contributed by atoms with Crippen LogP contribution in [0.5, 0.6) is 0 Å². The summed E-state index contributed by atoms with van der Waals surface area (Å²) in [7, 11) is 0. The Labute approximate surface area is 50.5 Å². The molecule has 0 aliphatic carbocycles. The van der Waals surface area contributed by atoms with Crippen LogP contribution in [0.25, 0.3) is 10.3 Å². The van der Waals surface area contributed by atoms with Gasteiger partial charge in [-0.15, -0.1) is 0 Å². The number of rotatable bonds is 0. The van der Waals surface area contributed by atoms with Crippen LogP contribution in [0.4, 0.5) is 0 Å². The SMILES string of the molecule is [c]1cc2ccoc2s1. The van der Waals surface area contributed by atoms with E-state index in [-0.39, 0.29) is 0 Å². The second-order valence-corrected chi connectivity index (χ2v) is 2.34.